The minimum atomic E-state index is -0.0891. The van der Waals surface area contributed by atoms with Gasteiger partial charge in [-0.15, -0.1) is 0 Å². The Kier molecular flexibility index (Phi) is 3.41. The summed E-state index contributed by atoms with van der Waals surface area (Å²) in [4.78, 5) is 8.70. The lowest BCUT2D eigenvalue weighted by atomic mass is 10.00. The number of nitrogens with zero attached hydrogens (tertiary/aromatic N) is 2. The Morgan fingerprint density at radius 2 is 1.90 bits per heavy atom. The number of aromatic nitrogens is 2. The van der Waals surface area contributed by atoms with E-state index in [4.69, 9.17) is 5.84 Å². The second kappa shape index (κ2) is 5.36. The van der Waals surface area contributed by atoms with E-state index in [9.17, 15) is 0 Å². The van der Waals surface area contributed by atoms with Gasteiger partial charge in [0.05, 0.1) is 11.6 Å². The van der Waals surface area contributed by atoms with Crippen molar-refractivity contribution in [3.63, 3.8) is 0 Å². The molecule has 1 atom stereocenters. The van der Waals surface area contributed by atoms with Crippen molar-refractivity contribution < 1.29 is 0 Å². The van der Waals surface area contributed by atoms with Gasteiger partial charge in [-0.2, -0.15) is 0 Å². The third-order valence-corrected chi connectivity index (χ3v) is 3.37. The maximum atomic E-state index is 5.73. The van der Waals surface area contributed by atoms with Crippen molar-refractivity contribution in [3.05, 3.63) is 71.7 Å². The number of pyridine rings is 2. The van der Waals surface area contributed by atoms with Gasteiger partial charge in [0, 0.05) is 23.5 Å². The molecule has 3 N–H and O–H groups in total. The Morgan fingerprint density at radius 1 is 1.05 bits per heavy atom. The molecule has 0 saturated heterocycles. The van der Waals surface area contributed by atoms with Crippen LogP contribution in [0.2, 0.25) is 0 Å². The second-order valence-corrected chi connectivity index (χ2v) is 4.79. The summed E-state index contributed by atoms with van der Waals surface area (Å²) in [6.45, 7) is 1.97. The number of para-hydroxylation sites is 1. The van der Waals surface area contributed by atoms with E-state index in [0.717, 1.165) is 27.7 Å². The number of aryl methyl sites for hydroxylation is 1. The lowest BCUT2D eigenvalue weighted by Crippen LogP contribution is -2.29. The summed E-state index contributed by atoms with van der Waals surface area (Å²) in [7, 11) is 0. The minimum Gasteiger partial charge on any atom is -0.271 e. The molecule has 0 spiro atoms. The quantitative estimate of drug-likeness (QED) is 0.563. The van der Waals surface area contributed by atoms with E-state index in [1.54, 1.807) is 6.20 Å². The van der Waals surface area contributed by atoms with Gasteiger partial charge in [0.15, 0.2) is 0 Å². The SMILES string of the molecule is Cc1cc(C(NN)c2cnc3ccccc3c2)ccn1. The number of hydrogen-bond acceptors (Lipinski definition) is 4. The average molecular weight is 264 g/mol. The lowest BCUT2D eigenvalue weighted by Gasteiger charge is -2.17. The zero-order chi connectivity index (χ0) is 13.9. The topological polar surface area (TPSA) is 63.8 Å². The molecule has 0 bridgehead atoms. The fourth-order valence-corrected chi connectivity index (χ4v) is 2.38. The molecule has 100 valence electrons. The van der Waals surface area contributed by atoms with Gasteiger partial charge in [0.2, 0.25) is 0 Å². The molecule has 0 aliphatic carbocycles. The van der Waals surface area contributed by atoms with Crippen LogP contribution in [0.15, 0.2) is 54.9 Å². The molecular formula is C16H16N4. The predicted molar refractivity (Wildman–Crippen MR) is 79.9 cm³/mol. The van der Waals surface area contributed by atoms with E-state index in [0.29, 0.717) is 0 Å². The van der Waals surface area contributed by atoms with Crippen LogP contribution in [0.1, 0.15) is 22.9 Å². The first-order valence-electron chi connectivity index (χ1n) is 6.51. The Labute approximate surface area is 117 Å². The first-order chi connectivity index (χ1) is 9.78. The number of rotatable bonds is 3. The van der Waals surface area contributed by atoms with Crippen LogP contribution in [-0.2, 0) is 0 Å². The van der Waals surface area contributed by atoms with E-state index in [1.807, 2.05) is 43.5 Å². The first-order valence-corrected chi connectivity index (χ1v) is 6.51. The van der Waals surface area contributed by atoms with Crippen LogP contribution in [0.25, 0.3) is 10.9 Å². The Bertz CT molecular complexity index is 739. The normalized spacial score (nSPS) is 12.5. The zero-order valence-electron chi connectivity index (χ0n) is 11.2. The highest BCUT2D eigenvalue weighted by Crippen LogP contribution is 2.23. The van der Waals surface area contributed by atoms with E-state index >= 15 is 0 Å². The van der Waals surface area contributed by atoms with Crippen LogP contribution in [0.3, 0.4) is 0 Å². The number of nitrogens with two attached hydrogens (primary N) is 1. The van der Waals surface area contributed by atoms with E-state index in [2.05, 4.69) is 27.5 Å². The smallest absolute Gasteiger partial charge is 0.0726 e. The maximum absolute atomic E-state index is 5.73. The summed E-state index contributed by atoms with van der Waals surface area (Å²) in [5, 5.41) is 1.11. The van der Waals surface area contributed by atoms with Crippen molar-refractivity contribution >= 4 is 10.9 Å². The summed E-state index contributed by atoms with van der Waals surface area (Å²) in [6, 6.07) is 14.1. The van der Waals surface area contributed by atoms with Crippen molar-refractivity contribution in [2.75, 3.05) is 0 Å². The standard InChI is InChI=1S/C16H16N4/c1-11-8-13(6-7-18-11)16(20-17)14-9-12-4-2-3-5-15(12)19-10-14/h2-10,16,20H,17H2,1H3. The third kappa shape index (κ3) is 2.39. The van der Waals surface area contributed by atoms with Gasteiger partial charge in [-0.3, -0.25) is 15.8 Å². The molecule has 3 rings (SSSR count). The van der Waals surface area contributed by atoms with Crippen molar-refractivity contribution in [1.29, 1.82) is 0 Å². The van der Waals surface area contributed by atoms with E-state index in [-0.39, 0.29) is 6.04 Å². The Balaban J connectivity index is 2.07. The van der Waals surface area contributed by atoms with E-state index < -0.39 is 0 Å². The molecular weight excluding hydrogens is 248 g/mol. The summed E-state index contributed by atoms with van der Waals surface area (Å²) in [5.74, 6) is 5.73. The highest BCUT2D eigenvalue weighted by Gasteiger charge is 2.13. The van der Waals surface area contributed by atoms with Gasteiger partial charge >= 0.3 is 0 Å². The fraction of sp³-hybridized carbons (Fsp3) is 0.125. The average Bonchev–Trinajstić information content (AvgIpc) is 2.48. The molecule has 2 aromatic heterocycles. The number of nitrogens with one attached hydrogen (secondary N) is 1. The van der Waals surface area contributed by atoms with Crippen LogP contribution >= 0.6 is 0 Å². The molecule has 4 heteroatoms. The number of benzene rings is 1. The summed E-state index contributed by atoms with van der Waals surface area (Å²) in [5.41, 5.74) is 6.93. The molecule has 1 aromatic carbocycles. The van der Waals surface area contributed by atoms with Crippen LogP contribution < -0.4 is 11.3 Å². The molecule has 0 fully saturated rings. The second-order valence-electron chi connectivity index (χ2n) is 4.79. The highest BCUT2D eigenvalue weighted by molar-refractivity contribution is 5.78. The molecule has 0 saturated carbocycles. The Morgan fingerprint density at radius 3 is 2.70 bits per heavy atom. The van der Waals surface area contributed by atoms with Gasteiger partial charge < -0.3 is 0 Å². The van der Waals surface area contributed by atoms with E-state index in [1.165, 1.54) is 0 Å². The predicted octanol–water partition coefficient (Wildman–Crippen LogP) is 2.49. The van der Waals surface area contributed by atoms with Gasteiger partial charge in [0.25, 0.3) is 0 Å². The van der Waals surface area contributed by atoms with Gasteiger partial charge in [-0.25, -0.2) is 5.43 Å². The monoisotopic (exact) mass is 264 g/mol. The van der Waals surface area contributed by atoms with Crippen molar-refractivity contribution in [2.45, 2.75) is 13.0 Å². The van der Waals surface area contributed by atoms with Crippen LogP contribution in [0.4, 0.5) is 0 Å². The van der Waals surface area contributed by atoms with Gasteiger partial charge in [-0.05, 0) is 42.3 Å². The summed E-state index contributed by atoms with van der Waals surface area (Å²) < 4.78 is 0. The molecule has 3 aromatic rings. The largest absolute Gasteiger partial charge is 0.271 e. The lowest BCUT2D eigenvalue weighted by molar-refractivity contribution is 0.634. The minimum absolute atomic E-state index is 0.0891. The molecule has 4 nitrogen and oxygen atoms in total. The maximum Gasteiger partial charge on any atom is 0.0726 e. The third-order valence-electron chi connectivity index (χ3n) is 3.37. The summed E-state index contributed by atoms with van der Waals surface area (Å²) >= 11 is 0. The molecule has 0 aliphatic rings. The summed E-state index contributed by atoms with van der Waals surface area (Å²) in [6.07, 6.45) is 3.66. The first kappa shape index (κ1) is 12.7. The fourth-order valence-electron chi connectivity index (χ4n) is 2.38. The van der Waals surface area contributed by atoms with Crippen LogP contribution in [0, 0.1) is 6.92 Å². The Hall–Kier alpha value is -2.30. The molecule has 20 heavy (non-hydrogen) atoms. The van der Waals surface area contributed by atoms with Crippen LogP contribution in [0.5, 0.6) is 0 Å². The molecule has 0 aliphatic heterocycles. The molecule has 0 amide bonds. The van der Waals surface area contributed by atoms with Gasteiger partial charge in [-0.1, -0.05) is 18.2 Å². The number of fused-ring (bicyclic) bond motifs is 1. The van der Waals surface area contributed by atoms with Crippen molar-refractivity contribution in [3.8, 4) is 0 Å². The van der Waals surface area contributed by atoms with Crippen molar-refractivity contribution in [2.24, 2.45) is 5.84 Å². The molecule has 2 heterocycles. The van der Waals surface area contributed by atoms with Crippen LogP contribution in [-0.4, -0.2) is 9.97 Å². The highest BCUT2D eigenvalue weighted by atomic mass is 15.2. The molecule has 1 unspecified atom stereocenters. The van der Waals surface area contributed by atoms with Gasteiger partial charge in [0.1, 0.15) is 0 Å². The zero-order valence-corrected chi connectivity index (χ0v) is 11.2. The van der Waals surface area contributed by atoms with Crippen molar-refractivity contribution in [1.82, 2.24) is 15.4 Å². The number of hydrogen-bond donors (Lipinski definition) is 2. The number of hydrazine groups is 1. The molecule has 0 radical (unpaired) electrons.